The maximum atomic E-state index is 12.0. The van der Waals surface area contributed by atoms with Crippen LogP contribution in [0.5, 0.6) is 11.5 Å². The summed E-state index contributed by atoms with van der Waals surface area (Å²) in [5.74, 6) is 0.295. The molecule has 2 rings (SSSR count). The summed E-state index contributed by atoms with van der Waals surface area (Å²) in [6.45, 7) is 0. The van der Waals surface area contributed by atoms with Crippen molar-refractivity contribution in [2.75, 3.05) is 14.2 Å². The minimum absolute atomic E-state index is 0.0523. The van der Waals surface area contributed by atoms with Crippen LogP contribution in [0.4, 0.5) is 0 Å². The highest BCUT2D eigenvalue weighted by molar-refractivity contribution is 8.06. The lowest BCUT2D eigenvalue weighted by Gasteiger charge is -2.31. The number of hydrogen-bond donors (Lipinski definition) is 2. The molecule has 2 N–H and O–H groups in total. The second-order valence-electron chi connectivity index (χ2n) is 4.96. The highest BCUT2D eigenvalue weighted by Crippen LogP contribution is 2.47. The van der Waals surface area contributed by atoms with Crippen molar-refractivity contribution in [1.82, 2.24) is 0 Å². The molecule has 1 aromatic carbocycles. The Labute approximate surface area is 139 Å². The van der Waals surface area contributed by atoms with Crippen molar-refractivity contribution in [3.8, 4) is 11.5 Å². The van der Waals surface area contributed by atoms with Gasteiger partial charge in [0.25, 0.3) is 24.3 Å². The van der Waals surface area contributed by atoms with Crippen LogP contribution in [0.1, 0.15) is 12.0 Å². The minimum Gasteiger partial charge on any atom is -0.493 e. The Morgan fingerprint density at radius 1 is 1.04 bits per heavy atom. The van der Waals surface area contributed by atoms with Gasteiger partial charge in [-0.25, -0.2) is 0 Å². The van der Waals surface area contributed by atoms with Crippen molar-refractivity contribution in [2.24, 2.45) is 0 Å². The topological polar surface area (TPSA) is 127 Å². The Bertz CT molecular complexity index is 878. The van der Waals surface area contributed by atoms with E-state index in [9.17, 15) is 25.9 Å². The van der Waals surface area contributed by atoms with E-state index < -0.39 is 30.7 Å². The zero-order chi connectivity index (χ0) is 18.2. The first-order valence-corrected chi connectivity index (χ1v) is 9.51. The number of allylic oxidation sites excluding steroid dienone is 3. The van der Waals surface area contributed by atoms with Crippen molar-refractivity contribution >= 4 is 25.8 Å². The fourth-order valence-electron chi connectivity index (χ4n) is 2.64. The second kappa shape index (κ2) is 6.20. The Hall–Kier alpha value is -1.88. The van der Waals surface area contributed by atoms with E-state index in [1.54, 1.807) is 0 Å². The summed E-state index contributed by atoms with van der Waals surface area (Å²) in [4.78, 5) is 0. The quantitative estimate of drug-likeness (QED) is 0.741. The average molecular weight is 376 g/mol. The predicted molar refractivity (Wildman–Crippen MR) is 87.1 cm³/mol. The summed E-state index contributed by atoms with van der Waals surface area (Å²) >= 11 is 0. The number of hydrogen-bond acceptors (Lipinski definition) is 6. The van der Waals surface area contributed by atoms with E-state index in [1.165, 1.54) is 50.6 Å². The molecule has 8 nitrogen and oxygen atoms in total. The van der Waals surface area contributed by atoms with Crippen LogP contribution in [0.2, 0.25) is 0 Å². The molecule has 0 amide bonds. The summed E-state index contributed by atoms with van der Waals surface area (Å²) in [5.41, 5.74) is -0.290. The minimum atomic E-state index is -5.24. The zero-order valence-electron chi connectivity index (χ0n) is 12.8. The molecule has 0 aliphatic heterocycles. The maximum absolute atomic E-state index is 12.0. The molecular formula is C14H16O8S2. The van der Waals surface area contributed by atoms with Crippen LogP contribution in [-0.2, 0) is 20.2 Å². The smallest absolute Gasteiger partial charge is 0.292 e. The summed E-state index contributed by atoms with van der Waals surface area (Å²) in [7, 11) is -7.83. The van der Waals surface area contributed by atoms with E-state index >= 15 is 0 Å². The molecule has 24 heavy (non-hydrogen) atoms. The van der Waals surface area contributed by atoms with Crippen LogP contribution in [-0.4, -0.2) is 44.2 Å². The van der Waals surface area contributed by atoms with Gasteiger partial charge in [0.1, 0.15) is 0 Å². The van der Waals surface area contributed by atoms with E-state index in [-0.39, 0.29) is 22.6 Å². The molecule has 10 heteroatoms. The van der Waals surface area contributed by atoms with Crippen molar-refractivity contribution in [3.63, 3.8) is 0 Å². The lowest BCUT2D eigenvalue weighted by atomic mass is 9.95. The second-order valence-corrected chi connectivity index (χ2v) is 8.51. The van der Waals surface area contributed by atoms with Crippen molar-refractivity contribution in [3.05, 3.63) is 42.0 Å². The molecule has 0 saturated carbocycles. The van der Waals surface area contributed by atoms with Gasteiger partial charge >= 0.3 is 0 Å². The van der Waals surface area contributed by atoms with Gasteiger partial charge in [-0.2, -0.15) is 16.8 Å². The third kappa shape index (κ3) is 2.71. The molecule has 0 atom stereocenters. The van der Waals surface area contributed by atoms with Gasteiger partial charge in [-0.3, -0.25) is 9.11 Å². The van der Waals surface area contributed by atoms with Crippen LogP contribution >= 0.6 is 0 Å². The van der Waals surface area contributed by atoms with Crippen molar-refractivity contribution in [2.45, 2.75) is 10.5 Å². The molecule has 0 radical (unpaired) electrons. The van der Waals surface area contributed by atoms with Crippen LogP contribution in [0.25, 0.3) is 5.57 Å². The highest BCUT2D eigenvalue weighted by atomic mass is 32.3. The van der Waals surface area contributed by atoms with Gasteiger partial charge in [0, 0.05) is 17.6 Å². The van der Waals surface area contributed by atoms with Gasteiger partial charge in [-0.05, 0) is 6.07 Å². The van der Waals surface area contributed by atoms with Gasteiger partial charge < -0.3 is 9.47 Å². The molecule has 0 fully saturated rings. The molecule has 1 aliphatic carbocycles. The number of methoxy groups -OCH3 is 2. The third-order valence-corrected chi connectivity index (χ3v) is 7.43. The van der Waals surface area contributed by atoms with Crippen LogP contribution in [0, 0.1) is 0 Å². The van der Waals surface area contributed by atoms with Crippen LogP contribution < -0.4 is 9.47 Å². The summed E-state index contributed by atoms with van der Waals surface area (Å²) < 4.78 is 74.5. The molecule has 0 heterocycles. The fraction of sp³-hybridized carbons (Fsp3) is 0.286. The van der Waals surface area contributed by atoms with Gasteiger partial charge in [-0.1, -0.05) is 30.4 Å². The Balaban J connectivity index is 2.90. The zero-order valence-corrected chi connectivity index (χ0v) is 14.5. The van der Waals surface area contributed by atoms with E-state index in [2.05, 4.69) is 0 Å². The summed E-state index contributed by atoms with van der Waals surface area (Å²) in [5, 5.41) is 0. The Morgan fingerprint density at radius 3 is 2.17 bits per heavy atom. The SMILES string of the molecule is COc1cccc(C2=CC=CCC2(S(=O)(=O)O)S(=O)(=O)O)c1OC. The molecule has 1 aromatic rings. The molecule has 0 unspecified atom stereocenters. The number of rotatable bonds is 5. The van der Waals surface area contributed by atoms with Crippen LogP contribution in [0.15, 0.2) is 36.4 Å². The van der Waals surface area contributed by atoms with E-state index in [0.717, 1.165) is 0 Å². The monoisotopic (exact) mass is 376 g/mol. The normalized spacial score (nSPS) is 17.2. The van der Waals surface area contributed by atoms with Crippen LogP contribution in [0.3, 0.4) is 0 Å². The van der Waals surface area contributed by atoms with Gasteiger partial charge in [0.2, 0.25) is 0 Å². The van der Waals surface area contributed by atoms with Gasteiger partial charge in [0.15, 0.2) is 11.5 Å². The molecule has 1 aliphatic rings. The molecule has 0 spiro atoms. The third-order valence-electron chi connectivity index (χ3n) is 3.72. The lowest BCUT2D eigenvalue weighted by Crippen LogP contribution is -2.47. The average Bonchev–Trinajstić information content (AvgIpc) is 2.51. The molecule has 0 aromatic heterocycles. The first kappa shape index (κ1) is 18.5. The number of para-hydroxylation sites is 1. The fourth-order valence-corrected chi connectivity index (χ4v) is 5.23. The first-order chi connectivity index (χ1) is 11.1. The molecule has 0 bridgehead atoms. The lowest BCUT2D eigenvalue weighted by molar-refractivity contribution is 0.354. The Kier molecular flexibility index (Phi) is 4.77. The number of ether oxygens (including phenoxy) is 2. The first-order valence-electron chi connectivity index (χ1n) is 6.63. The Morgan fingerprint density at radius 2 is 1.67 bits per heavy atom. The standard InChI is InChI=1S/C14H16O8S2/c1-21-12-8-5-6-10(13(12)22-2)11-7-3-4-9-14(11,23(15,16)17)24(18,19)20/h3-8H,9H2,1-2H3,(H,15,16,17)(H,18,19,20). The number of benzene rings is 1. The predicted octanol–water partition coefficient (Wildman–Crippen LogP) is 1.52. The van der Waals surface area contributed by atoms with E-state index in [1.807, 2.05) is 0 Å². The van der Waals surface area contributed by atoms with Crippen molar-refractivity contribution < 1.29 is 35.4 Å². The molecular weight excluding hydrogens is 360 g/mol. The largest absolute Gasteiger partial charge is 0.493 e. The van der Waals surface area contributed by atoms with E-state index in [4.69, 9.17) is 9.47 Å². The summed E-state index contributed by atoms with van der Waals surface area (Å²) in [6, 6.07) is 4.43. The van der Waals surface area contributed by atoms with Gasteiger partial charge in [-0.15, -0.1) is 0 Å². The molecule has 132 valence electrons. The van der Waals surface area contributed by atoms with Crippen molar-refractivity contribution in [1.29, 1.82) is 0 Å². The highest BCUT2D eigenvalue weighted by Gasteiger charge is 2.58. The maximum Gasteiger partial charge on any atom is 0.292 e. The summed E-state index contributed by atoms with van der Waals surface area (Å²) in [6.07, 6.45) is 3.17. The molecule has 0 saturated heterocycles. The van der Waals surface area contributed by atoms with E-state index in [0.29, 0.717) is 0 Å². The van der Waals surface area contributed by atoms with Gasteiger partial charge in [0.05, 0.1) is 14.2 Å².